The molecule has 5 rings (SSSR count). The van der Waals surface area contributed by atoms with Crippen molar-refractivity contribution in [2.24, 2.45) is 0 Å². The smallest absolute Gasteiger partial charge is 0.262 e. The number of aromatic nitrogens is 2. The summed E-state index contributed by atoms with van der Waals surface area (Å²) in [5.41, 5.74) is 4.15. The van der Waals surface area contributed by atoms with E-state index in [0.717, 1.165) is 16.7 Å². The molecule has 7 nitrogen and oxygen atoms in total. The van der Waals surface area contributed by atoms with E-state index in [1.165, 1.54) is 11.8 Å². The first kappa shape index (κ1) is 26.2. The number of nitrogens with zero attached hydrogens (tertiary/aromatic N) is 2. The Bertz CT molecular complexity index is 1710. The summed E-state index contributed by atoms with van der Waals surface area (Å²) in [5, 5.41) is 3.63. The van der Waals surface area contributed by atoms with Crippen LogP contribution in [0.25, 0.3) is 10.9 Å². The molecular formula is C31H27N3O4S. The van der Waals surface area contributed by atoms with Crippen LogP contribution in [0.4, 0.5) is 0 Å². The highest BCUT2D eigenvalue weighted by atomic mass is 32.2. The van der Waals surface area contributed by atoms with Crippen molar-refractivity contribution in [3.8, 4) is 0 Å². The number of nitrogens with one attached hydrogen (secondary N) is 1. The molecule has 8 heteroatoms. The fourth-order valence-corrected chi connectivity index (χ4v) is 5.26. The monoisotopic (exact) mass is 537 g/mol. The number of benzene rings is 3. The van der Waals surface area contributed by atoms with Gasteiger partial charge in [0.2, 0.25) is 0 Å². The van der Waals surface area contributed by atoms with Gasteiger partial charge in [-0.05, 0) is 55.3 Å². The quantitative estimate of drug-likeness (QED) is 0.150. The Labute approximate surface area is 229 Å². The van der Waals surface area contributed by atoms with Crippen molar-refractivity contribution < 1.29 is 14.0 Å². The second-order valence-corrected chi connectivity index (χ2v) is 10.2. The topological polar surface area (TPSA) is 94.2 Å². The summed E-state index contributed by atoms with van der Waals surface area (Å²) in [4.78, 5) is 44.3. The standard InChI is InChI=1S/C31H27N3O4S/c1-20-10-12-25(21(2)15-20)28(35)19-39-31-33-27-16-23(29(36)32-17-24-9-6-14-38-24)11-13-26(27)30(37)34(31)18-22-7-4-3-5-8-22/h3-16H,17-19H2,1-2H3,(H,32,36). The third-order valence-corrected chi connectivity index (χ3v) is 7.36. The summed E-state index contributed by atoms with van der Waals surface area (Å²) in [6.07, 6.45) is 1.55. The fraction of sp³-hybridized carbons (Fsp3) is 0.161. The van der Waals surface area contributed by atoms with Gasteiger partial charge in [0.1, 0.15) is 5.76 Å². The highest BCUT2D eigenvalue weighted by Crippen LogP contribution is 2.22. The van der Waals surface area contributed by atoms with E-state index in [4.69, 9.17) is 9.40 Å². The van der Waals surface area contributed by atoms with Crippen molar-refractivity contribution in [2.45, 2.75) is 32.1 Å². The Hall–Kier alpha value is -4.43. The third kappa shape index (κ3) is 6.02. The van der Waals surface area contributed by atoms with Gasteiger partial charge in [-0.3, -0.25) is 19.0 Å². The SMILES string of the molecule is Cc1ccc(C(=O)CSc2nc3cc(C(=O)NCc4ccco4)ccc3c(=O)n2Cc2ccccc2)c(C)c1. The summed E-state index contributed by atoms with van der Waals surface area (Å²) in [6.45, 7) is 4.47. The number of hydrogen-bond donors (Lipinski definition) is 1. The average Bonchev–Trinajstić information content (AvgIpc) is 3.46. The molecule has 196 valence electrons. The van der Waals surface area contributed by atoms with Crippen molar-refractivity contribution in [1.82, 2.24) is 14.9 Å². The molecule has 0 aliphatic rings. The van der Waals surface area contributed by atoms with Crippen LogP contribution in [0.3, 0.4) is 0 Å². The molecule has 3 aromatic carbocycles. The van der Waals surface area contributed by atoms with Crippen molar-refractivity contribution >= 4 is 34.4 Å². The normalized spacial score (nSPS) is 11.0. The number of amides is 1. The first-order chi connectivity index (χ1) is 18.9. The average molecular weight is 538 g/mol. The molecule has 5 aromatic rings. The first-order valence-electron chi connectivity index (χ1n) is 12.5. The lowest BCUT2D eigenvalue weighted by molar-refractivity contribution is 0.0947. The summed E-state index contributed by atoms with van der Waals surface area (Å²) >= 11 is 1.22. The lowest BCUT2D eigenvalue weighted by atomic mass is 10.0. The second-order valence-electron chi connectivity index (χ2n) is 9.30. The molecule has 1 amide bonds. The van der Waals surface area contributed by atoms with Gasteiger partial charge < -0.3 is 9.73 Å². The van der Waals surface area contributed by atoms with Gasteiger partial charge >= 0.3 is 0 Å². The van der Waals surface area contributed by atoms with Crippen LogP contribution in [0.5, 0.6) is 0 Å². The van der Waals surface area contributed by atoms with E-state index in [1.54, 1.807) is 41.2 Å². The Morgan fingerprint density at radius 3 is 2.54 bits per heavy atom. The largest absolute Gasteiger partial charge is 0.467 e. The number of fused-ring (bicyclic) bond motifs is 1. The number of furan rings is 1. The number of carbonyl (C=O) groups excluding carboxylic acids is 2. The minimum absolute atomic E-state index is 0.0378. The van der Waals surface area contributed by atoms with Gasteiger partial charge in [0.15, 0.2) is 10.9 Å². The zero-order valence-electron chi connectivity index (χ0n) is 21.6. The predicted molar refractivity (Wildman–Crippen MR) is 152 cm³/mol. The maximum absolute atomic E-state index is 13.6. The van der Waals surface area contributed by atoms with Crippen molar-refractivity contribution in [2.75, 3.05) is 5.75 Å². The number of rotatable bonds is 9. The number of ketones is 1. The second kappa shape index (κ2) is 11.5. The molecule has 0 spiro atoms. The minimum atomic E-state index is -0.303. The number of hydrogen-bond acceptors (Lipinski definition) is 6. The summed E-state index contributed by atoms with van der Waals surface area (Å²) < 4.78 is 6.86. The molecule has 0 bridgehead atoms. The number of aryl methyl sites for hydroxylation is 2. The Balaban J connectivity index is 1.47. The summed E-state index contributed by atoms with van der Waals surface area (Å²) in [6, 6.07) is 23.8. The first-order valence-corrected chi connectivity index (χ1v) is 13.5. The van der Waals surface area contributed by atoms with E-state index in [-0.39, 0.29) is 29.5 Å². The number of thioether (sulfide) groups is 1. The summed E-state index contributed by atoms with van der Waals surface area (Å²) in [7, 11) is 0. The molecular weight excluding hydrogens is 510 g/mol. The number of carbonyl (C=O) groups is 2. The lowest BCUT2D eigenvalue weighted by Crippen LogP contribution is -2.25. The van der Waals surface area contributed by atoms with Crippen molar-refractivity contribution in [1.29, 1.82) is 0 Å². The van der Waals surface area contributed by atoms with Gasteiger partial charge in [0, 0.05) is 11.1 Å². The molecule has 0 atom stereocenters. The van der Waals surface area contributed by atoms with Crippen LogP contribution in [-0.2, 0) is 13.1 Å². The van der Waals surface area contributed by atoms with Gasteiger partial charge in [0.25, 0.3) is 11.5 Å². The third-order valence-electron chi connectivity index (χ3n) is 6.38. The van der Waals surface area contributed by atoms with E-state index in [9.17, 15) is 14.4 Å². The molecule has 39 heavy (non-hydrogen) atoms. The molecule has 0 saturated carbocycles. The zero-order chi connectivity index (χ0) is 27.4. The zero-order valence-corrected chi connectivity index (χ0v) is 22.5. The molecule has 0 aliphatic carbocycles. The van der Waals surface area contributed by atoms with E-state index in [2.05, 4.69) is 5.32 Å². The van der Waals surface area contributed by atoms with E-state index in [1.807, 2.05) is 62.4 Å². The van der Waals surface area contributed by atoms with Crippen LogP contribution in [0.15, 0.2) is 99.5 Å². The molecule has 1 N–H and O–H groups in total. The molecule has 2 heterocycles. The molecule has 2 aromatic heterocycles. The van der Waals surface area contributed by atoms with Gasteiger partial charge in [-0.15, -0.1) is 0 Å². The van der Waals surface area contributed by atoms with Crippen molar-refractivity contribution in [3.63, 3.8) is 0 Å². The highest BCUT2D eigenvalue weighted by molar-refractivity contribution is 7.99. The lowest BCUT2D eigenvalue weighted by Gasteiger charge is -2.14. The van der Waals surface area contributed by atoms with Gasteiger partial charge in [-0.2, -0.15) is 0 Å². The van der Waals surface area contributed by atoms with E-state index >= 15 is 0 Å². The maximum atomic E-state index is 13.6. The molecule has 0 saturated heterocycles. The van der Waals surface area contributed by atoms with E-state index in [0.29, 0.717) is 39.5 Å². The molecule has 0 radical (unpaired) electrons. The predicted octanol–water partition coefficient (Wildman–Crippen LogP) is 5.56. The molecule has 0 unspecified atom stereocenters. The maximum Gasteiger partial charge on any atom is 0.262 e. The molecule has 0 fully saturated rings. The Morgan fingerprint density at radius 1 is 0.974 bits per heavy atom. The van der Waals surface area contributed by atoms with Crippen LogP contribution in [0.1, 0.15) is 43.2 Å². The van der Waals surface area contributed by atoms with Crippen LogP contribution in [0, 0.1) is 13.8 Å². The Kier molecular flexibility index (Phi) is 7.74. The van der Waals surface area contributed by atoms with Gasteiger partial charge in [-0.1, -0.05) is 65.9 Å². The van der Waals surface area contributed by atoms with Crippen LogP contribution in [-0.4, -0.2) is 27.0 Å². The number of Topliss-reactive ketones (excluding diaryl/α,β-unsaturated/α-hetero) is 1. The minimum Gasteiger partial charge on any atom is -0.467 e. The van der Waals surface area contributed by atoms with Crippen molar-refractivity contribution in [3.05, 3.63) is 129 Å². The van der Waals surface area contributed by atoms with Crippen LogP contribution < -0.4 is 10.9 Å². The van der Waals surface area contributed by atoms with Crippen LogP contribution in [0.2, 0.25) is 0 Å². The van der Waals surface area contributed by atoms with Gasteiger partial charge in [0.05, 0.1) is 36.0 Å². The van der Waals surface area contributed by atoms with E-state index < -0.39 is 0 Å². The molecule has 0 aliphatic heterocycles. The summed E-state index contributed by atoms with van der Waals surface area (Å²) in [5.74, 6) is 0.421. The van der Waals surface area contributed by atoms with Crippen LogP contribution >= 0.6 is 11.8 Å². The Morgan fingerprint density at radius 2 is 1.79 bits per heavy atom. The fourth-order valence-electron chi connectivity index (χ4n) is 4.37. The van der Waals surface area contributed by atoms with Gasteiger partial charge in [-0.25, -0.2) is 4.98 Å². The highest BCUT2D eigenvalue weighted by Gasteiger charge is 2.17.